The lowest BCUT2D eigenvalue weighted by atomic mass is 9.63. The van der Waals surface area contributed by atoms with Crippen molar-refractivity contribution in [3.63, 3.8) is 0 Å². The summed E-state index contributed by atoms with van der Waals surface area (Å²) in [4.78, 5) is 0. The maximum Gasteiger partial charge on any atom is 0.247 e. The van der Waals surface area contributed by atoms with Crippen molar-refractivity contribution in [3.8, 4) is 0 Å². The van der Waals surface area contributed by atoms with Crippen LogP contribution in [0.4, 0.5) is 0 Å². The molecule has 3 radical (unpaired) electrons. The largest absolute Gasteiger partial charge is 0.411 e. The fourth-order valence-electron chi connectivity index (χ4n) is 1.86. The third kappa shape index (κ3) is 2.28. The van der Waals surface area contributed by atoms with Crippen molar-refractivity contribution < 1.29 is 4.43 Å². The molecule has 0 aromatic heterocycles. The van der Waals surface area contributed by atoms with Crippen LogP contribution in [-0.4, -0.2) is 22.0 Å². The zero-order valence-corrected chi connectivity index (χ0v) is 11.2. The third-order valence-electron chi connectivity index (χ3n) is 2.79. The van der Waals surface area contributed by atoms with Crippen LogP contribution in [0.1, 0.15) is 41.5 Å². The molecule has 0 amide bonds. The quantitative estimate of drug-likeness (QED) is 0.512. The Bertz CT molecular complexity index is 147. The molecule has 0 heterocycles. The van der Waals surface area contributed by atoms with Crippen molar-refractivity contribution in [1.82, 2.24) is 0 Å². The van der Waals surface area contributed by atoms with Gasteiger partial charge in [-0.3, -0.25) is 0 Å². The standard InChI is InChI=1S/C10H20ClOSi/c1-8(2,3)10(7-11,12-13)9(4,5)6/h7H2,1-6H3. The highest BCUT2D eigenvalue weighted by atomic mass is 35.5. The predicted octanol–water partition coefficient (Wildman–Crippen LogP) is 3.16. The molecule has 0 aliphatic rings. The number of alkyl halides is 1. The van der Waals surface area contributed by atoms with Gasteiger partial charge in [0.1, 0.15) is 0 Å². The monoisotopic (exact) mass is 219 g/mol. The van der Waals surface area contributed by atoms with E-state index in [0.717, 1.165) is 0 Å². The van der Waals surface area contributed by atoms with Crippen LogP contribution in [0.5, 0.6) is 0 Å². The highest BCUT2D eigenvalue weighted by molar-refractivity contribution is 6.19. The molecule has 0 aromatic carbocycles. The number of halogens is 1. The van der Waals surface area contributed by atoms with Crippen LogP contribution in [0.3, 0.4) is 0 Å². The lowest BCUT2D eigenvalue weighted by Crippen LogP contribution is -2.56. The van der Waals surface area contributed by atoms with Gasteiger partial charge >= 0.3 is 0 Å². The van der Waals surface area contributed by atoms with E-state index in [9.17, 15) is 0 Å². The Labute approximate surface area is 90.7 Å². The minimum Gasteiger partial charge on any atom is -0.411 e. The number of hydrogen-bond acceptors (Lipinski definition) is 1. The van der Waals surface area contributed by atoms with Crippen LogP contribution in [0.15, 0.2) is 0 Å². The van der Waals surface area contributed by atoms with E-state index in [1.807, 2.05) is 0 Å². The Hall–Kier alpha value is 0.467. The summed E-state index contributed by atoms with van der Waals surface area (Å²) in [6, 6.07) is 0. The highest BCUT2D eigenvalue weighted by Crippen LogP contribution is 2.46. The van der Waals surface area contributed by atoms with Crippen LogP contribution < -0.4 is 0 Å². The summed E-state index contributed by atoms with van der Waals surface area (Å²) in [7, 11) is 3.17. The molecule has 0 fully saturated rings. The van der Waals surface area contributed by atoms with Crippen molar-refractivity contribution >= 4 is 22.1 Å². The lowest BCUT2D eigenvalue weighted by molar-refractivity contribution is -0.0922. The first-order valence-electron chi connectivity index (χ1n) is 4.53. The molecule has 77 valence electrons. The van der Waals surface area contributed by atoms with E-state index in [2.05, 4.69) is 52.0 Å². The summed E-state index contributed by atoms with van der Waals surface area (Å²) < 4.78 is 5.49. The van der Waals surface area contributed by atoms with Crippen molar-refractivity contribution in [3.05, 3.63) is 0 Å². The first kappa shape index (κ1) is 13.5. The maximum atomic E-state index is 6.04. The van der Waals surface area contributed by atoms with E-state index in [1.54, 1.807) is 0 Å². The van der Waals surface area contributed by atoms with E-state index >= 15 is 0 Å². The Morgan fingerprint density at radius 2 is 1.31 bits per heavy atom. The summed E-state index contributed by atoms with van der Waals surface area (Å²) in [5.41, 5.74) is -0.373. The van der Waals surface area contributed by atoms with Crippen molar-refractivity contribution in [2.45, 2.75) is 47.1 Å². The second kappa shape index (κ2) is 3.91. The van der Waals surface area contributed by atoms with Gasteiger partial charge in [0, 0.05) is 0 Å². The molecule has 0 bridgehead atoms. The summed E-state index contributed by atoms with van der Waals surface area (Å²) in [6.07, 6.45) is 0. The third-order valence-corrected chi connectivity index (χ3v) is 3.51. The molecule has 0 rings (SSSR count). The van der Waals surface area contributed by atoms with Crippen molar-refractivity contribution in [1.29, 1.82) is 0 Å². The van der Waals surface area contributed by atoms with Gasteiger partial charge in [-0.05, 0) is 10.8 Å². The maximum absolute atomic E-state index is 6.04. The average Bonchev–Trinajstić information content (AvgIpc) is 1.84. The molecule has 0 aliphatic heterocycles. The highest BCUT2D eigenvalue weighted by Gasteiger charge is 2.50. The van der Waals surface area contributed by atoms with Crippen LogP contribution in [0.2, 0.25) is 0 Å². The fraction of sp³-hybridized carbons (Fsp3) is 1.00. The number of hydrogen-bond donors (Lipinski definition) is 0. The van der Waals surface area contributed by atoms with Gasteiger partial charge in [-0.15, -0.1) is 11.6 Å². The van der Waals surface area contributed by atoms with Crippen molar-refractivity contribution in [2.24, 2.45) is 10.8 Å². The molecular formula is C10H20ClOSi. The van der Waals surface area contributed by atoms with E-state index in [-0.39, 0.29) is 16.4 Å². The summed E-state index contributed by atoms with van der Waals surface area (Å²) in [6.45, 7) is 12.8. The van der Waals surface area contributed by atoms with Gasteiger partial charge in [-0.25, -0.2) is 0 Å². The smallest absolute Gasteiger partial charge is 0.247 e. The minimum atomic E-state index is -0.363. The molecule has 0 saturated carbocycles. The molecular weight excluding hydrogens is 200 g/mol. The summed E-state index contributed by atoms with van der Waals surface area (Å²) in [5.74, 6) is 0.476. The van der Waals surface area contributed by atoms with Gasteiger partial charge in [0.05, 0.1) is 11.5 Å². The van der Waals surface area contributed by atoms with Gasteiger partial charge in [-0.2, -0.15) is 0 Å². The Balaban J connectivity index is 5.17. The first-order chi connectivity index (χ1) is 5.62. The predicted molar refractivity (Wildman–Crippen MR) is 59.2 cm³/mol. The average molecular weight is 220 g/mol. The Morgan fingerprint density at radius 1 is 1.00 bits per heavy atom. The van der Waals surface area contributed by atoms with E-state index in [0.29, 0.717) is 5.88 Å². The van der Waals surface area contributed by atoms with Crippen LogP contribution in [0.25, 0.3) is 0 Å². The number of rotatable bonds is 2. The SMILES string of the molecule is CC(C)(C)C(CCl)(O[Si])C(C)(C)C. The molecule has 0 N–H and O–H groups in total. The van der Waals surface area contributed by atoms with E-state index < -0.39 is 0 Å². The van der Waals surface area contributed by atoms with Gasteiger partial charge in [0.2, 0.25) is 10.5 Å². The lowest BCUT2D eigenvalue weighted by Gasteiger charge is -2.51. The summed E-state index contributed by atoms with van der Waals surface area (Å²) >= 11 is 6.04. The molecule has 1 nitrogen and oxygen atoms in total. The Kier molecular flexibility index (Phi) is 4.05. The molecule has 0 atom stereocenters. The zero-order chi connectivity index (χ0) is 10.9. The van der Waals surface area contributed by atoms with Gasteiger partial charge in [-0.1, -0.05) is 41.5 Å². The molecule has 13 heavy (non-hydrogen) atoms. The normalized spacial score (nSPS) is 14.8. The van der Waals surface area contributed by atoms with Crippen molar-refractivity contribution in [2.75, 3.05) is 5.88 Å². The van der Waals surface area contributed by atoms with E-state index in [1.165, 1.54) is 0 Å². The van der Waals surface area contributed by atoms with Gasteiger partial charge in [0.25, 0.3) is 0 Å². The second-order valence-corrected chi connectivity index (χ2v) is 6.03. The molecule has 0 spiro atoms. The van der Waals surface area contributed by atoms with Gasteiger partial charge in [0.15, 0.2) is 0 Å². The van der Waals surface area contributed by atoms with Gasteiger partial charge < -0.3 is 4.43 Å². The Morgan fingerprint density at radius 3 is 1.31 bits per heavy atom. The van der Waals surface area contributed by atoms with Crippen LogP contribution >= 0.6 is 11.6 Å². The molecule has 0 saturated heterocycles. The first-order valence-corrected chi connectivity index (χ1v) is 5.47. The topological polar surface area (TPSA) is 9.23 Å². The molecule has 0 unspecified atom stereocenters. The molecule has 3 heteroatoms. The minimum absolute atomic E-state index is 0.00521. The molecule has 0 aromatic rings. The summed E-state index contributed by atoms with van der Waals surface area (Å²) in [5, 5.41) is 0. The van der Waals surface area contributed by atoms with Crippen LogP contribution in [0, 0.1) is 10.8 Å². The molecule has 0 aliphatic carbocycles. The second-order valence-electron chi connectivity index (χ2n) is 5.56. The van der Waals surface area contributed by atoms with Crippen LogP contribution in [-0.2, 0) is 4.43 Å². The zero-order valence-electron chi connectivity index (χ0n) is 9.49. The van der Waals surface area contributed by atoms with E-state index in [4.69, 9.17) is 16.0 Å². The fourth-order valence-corrected chi connectivity index (χ4v) is 3.49.